The molecule has 0 saturated heterocycles. The van der Waals surface area contributed by atoms with Gasteiger partial charge in [-0.2, -0.15) is 0 Å². The van der Waals surface area contributed by atoms with Crippen LogP contribution in [-0.4, -0.2) is 49.4 Å². The molecule has 232 valence electrons. The van der Waals surface area contributed by atoms with E-state index in [0.29, 0.717) is 11.1 Å². The summed E-state index contributed by atoms with van der Waals surface area (Å²) in [6.07, 6.45) is -1.32. The Labute approximate surface area is 253 Å². The van der Waals surface area contributed by atoms with Crippen molar-refractivity contribution >= 4 is 44.5 Å². The maximum absolute atomic E-state index is 14.8. The molecule has 1 aliphatic heterocycles. The summed E-state index contributed by atoms with van der Waals surface area (Å²) < 4.78 is 57.5. The van der Waals surface area contributed by atoms with E-state index in [9.17, 15) is 18.7 Å². The molecule has 0 radical (unpaired) electrons. The minimum absolute atomic E-state index is 0.0332. The monoisotopic (exact) mass is 643 g/mol. The summed E-state index contributed by atoms with van der Waals surface area (Å²) in [4.78, 5) is 29.3. The Kier molecular flexibility index (Phi) is 11.3. The Bertz CT molecular complexity index is 1310. The highest BCUT2D eigenvalue weighted by Gasteiger charge is 2.62. The smallest absolute Gasteiger partial charge is 0.421 e. The lowest BCUT2D eigenvalue weighted by Crippen LogP contribution is -2.47. The van der Waals surface area contributed by atoms with Crippen LogP contribution in [0.15, 0.2) is 48.5 Å². The Balaban J connectivity index is 2.41. The molecule has 2 aromatic carbocycles. The number of amides is 2. The van der Waals surface area contributed by atoms with Gasteiger partial charge in [0.05, 0.1) is 32.1 Å². The number of anilines is 1. The first-order chi connectivity index (χ1) is 19.7. The van der Waals surface area contributed by atoms with Gasteiger partial charge in [-0.3, -0.25) is 13.9 Å². The predicted octanol–water partition coefficient (Wildman–Crippen LogP) is 8.16. The Morgan fingerprint density at radius 2 is 1.38 bits per heavy atom. The van der Waals surface area contributed by atoms with Gasteiger partial charge < -0.3 is 22.8 Å². The lowest BCUT2D eigenvalue weighted by molar-refractivity contribution is -0.121. The highest BCUT2D eigenvalue weighted by atomic mass is 35.5. The van der Waals surface area contributed by atoms with E-state index in [2.05, 4.69) is 0 Å². The van der Waals surface area contributed by atoms with Crippen LogP contribution in [0.1, 0.15) is 66.0 Å². The minimum atomic E-state index is -4.28. The average Bonchev–Trinajstić information content (AvgIpc) is 3.14. The Morgan fingerprint density at radius 1 is 0.881 bits per heavy atom. The Hall–Kier alpha value is -2.03. The number of ether oxygens (including phenoxy) is 1. The molecule has 42 heavy (non-hydrogen) atoms. The van der Waals surface area contributed by atoms with Gasteiger partial charge in [-0.15, -0.1) is 0 Å². The molecule has 0 N–H and O–H groups in total. The number of hydrogen-bond acceptors (Lipinski definition) is 9. The fourth-order valence-corrected chi connectivity index (χ4v) is 10.7. The van der Waals surface area contributed by atoms with Gasteiger partial charge >= 0.3 is 21.3 Å². The molecule has 13 heteroatoms. The number of imide groups is 1. The van der Waals surface area contributed by atoms with Crippen LogP contribution in [-0.2, 0) is 42.2 Å². The van der Waals surface area contributed by atoms with Gasteiger partial charge in [0.25, 0.3) is 5.91 Å². The van der Waals surface area contributed by atoms with E-state index in [1.807, 2.05) is 0 Å². The third-order valence-corrected chi connectivity index (χ3v) is 12.8. The van der Waals surface area contributed by atoms with Gasteiger partial charge in [0.15, 0.2) is 5.40 Å². The number of nitrogens with zero attached hydrogens (tertiary/aromatic N) is 1. The zero-order valence-corrected chi connectivity index (χ0v) is 27.7. The zero-order valence-electron chi connectivity index (χ0n) is 25.1. The predicted molar refractivity (Wildman–Crippen MR) is 163 cm³/mol. The molecule has 0 fully saturated rings. The van der Waals surface area contributed by atoms with Gasteiger partial charge in [-0.25, -0.2) is 9.69 Å². The average molecular weight is 644 g/mol. The summed E-state index contributed by atoms with van der Waals surface area (Å²) in [6.45, 7) is 11.4. The van der Waals surface area contributed by atoms with Crippen LogP contribution in [0, 0.1) is 0 Å². The molecular weight excluding hydrogens is 604 g/mol. The van der Waals surface area contributed by atoms with E-state index >= 15 is 0 Å². The number of halogens is 1. The first-order valence-electron chi connectivity index (χ1n) is 13.9. The minimum Gasteiger partial charge on any atom is -0.443 e. The van der Waals surface area contributed by atoms with Crippen molar-refractivity contribution in [1.82, 2.24) is 0 Å². The summed E-state index contributed by atoms with van der Waals surface area (Å²) in [7, 11) is -8.55. The van der Waals surface area contributed by atoms with Crippen molar-refractivity contribution in [2.75, 3.05) is 31.3 Å². The second kappa shape index (κ2) is 13.7. The maximum Gasteiger partial charge on any atom is 0.421 e. The quantitative estimate of drug-likeness (QED) is 0.199. The van der Waals surface area contributed by atoms with Crippen molar-refractivity contribution in [3.63, 3.8) is 0 Å². The van der Waals surface area contributed by atoms with E-state index in [4.69, 9.17) is 34.4 Å². The fourth-order valence-electron chi connectivity index (χ4n) is 5.08. The molecule has 0 unspecified atom stereocenters. The van der Waals surface area contributed by atoms with Gasteiger partial charge in [-0.05, 0) is 78.1 Å². The van der Waals surface area contributed by atoms with Crippen LogP contribution in [0.2, 0.25) is 5.02 Å². The summed E-state index contributed by atoms with van der Waals surface area (Å²) in [6, 6.07) is 13.4. The number of carbonyl (C=O) groups excluding carboxylic acids is 2. The van der Waals surface area contributed by atoms with Crippen molar-refractivity contribution in [2.45, 2.75) is 71.3 Å². The number of hydrogen-bond donors (Lipinski definition) is 0. The van der Waals surface area contributed by atoms with E-state index < -0.39 is 50.0 Å². The molecule has 0 spiro atoms. The molecule has 0 saturated carbocycles. The molecule has 0 aliphatic carbocycles. The number of fused-ring (bicyclic) bond motifs is 1. The highest BCUT2D eigenvalue weighted by molar-refractivity contribution is 7.72. The van der Waals surface area contributed by atoms with E-state index in [-0.39, 0.29) is 37.1 Å². The SMILES string of the molecule is CCOP(=O)(OCC)C(C[C@]1(c2ccccc2)C(=O)N(C(=O)OC(C)(C)C)c2cc(Cl)ccc21)P(=O)(OCC)OCC. The van der Waals surface area contributed by atoms with Crippen LogP contribution < -0.4 is 4.90 Å². The summed E-state index contributed by atoms with van der Waals surface area (Å²) in [5.41, 5.74) is -1.62. The number of benzene rings is 2. The standard InChI is InChI=1S/C29H40ClNO9P2/c1-8-36-41(34,37-9-2)25(42(35,38-10-3)39-11-4)20-29(21-15-13-12-14-16-21)23-18-17-22(30)19-24(23)31(26(29)32)27(33)40-28(5,6)7/h12-19,25H,8-11,20H2,1-7H3/t29-/m1/s1. The van der Waals surface area contributed by atoms with Crippen LogP contribution >= 0.6 is 26.8 Å². The summed E-state index contributed by atoms with van der Waals surface area (Å²) in [5, 5.41) is -1.27. The largest absolute Gasteiger partial charge is 0.443 e. The topological polar surface area (TPSA) is 118 Å². The van der Waals surface area contributed by atoms with Gasteiger partial charge in [0.1, 0.15) is 11.0 Å². The van der Waals surface area contributed by atoms with E-state index in [1.54, 1.807) is 90.9 Å². The van der Waals surface area contributed by atoms with Crippen molar-refractivity contribution in [1.29, 1.82) is 0 Å². The molecule has 10 nitrogen and oxygen atoms in total. The van der Waals surface area contributed by atoms with E-state index in [0.717, 1.165) is 4.90 Å². The van der Waals surface area contributed by atoms with Crippen molar-refractivity contribution in [2.24, 2.45) is 0 Å². The molecule has 3 rings (SSSR count). The molecule has 0 bridgehead atoms. The summed E-state index contributed by atoms with van der Waals surface area (Å²) >= 11 is 6.37. The van der Waals surface area contributed by atoms with Crippen LogP contribution in [0.4, 0.5) is 10.5 Å². The Morgan fingerprint density at radius 3 is 1.83 bits per heavy atom. The molecule has 1 heterocycles. The van der Waals surface area contributed by atoms with Gasteiger partial charge in [0, 0.05) is 5.02 Å². The molecule has 1 atom stereocenters. The second-order valence-corrected chi connectivity index (χ2v) is 15.8. The number of carbonyl (C=O) groups is 2. The molecule has 0 aromatic heterocycles. The van der Waals surface area contributed by atoms with E-state index in [1.165, 1.54) is 6.07 Å². The molecule has 2 amide bonds. The van der Waals surface area contributed by atoms with Gasteiger partial charge in [-0.1, -0.05) is 48.0 Å². The normalized spacial score (nSPS) is 17.5. The van der Waals surface area contributed by atoms with Crippen LogP contribution in [0.3, 0.4) is 0 Å². The zero-order chi connectivity index (χ0) is 31.3. The lowest BCUT2D eigenvalue weighted by Gasteiger charge is -2.37. The third kappa shape index (κ3) is 6.86. The van der Waals surface area contributed by atoms with Crippen molar-refractivity contribution < 1.29 is 41.6 Å². The van der Waals surface area contributed by atoms with Crippen LogP contribution in [0.5, 0.6) is 0 Å². The molecule has 1 aliphatic rings. The number of rotatable bonds is 13. The van der Waals surface area contributed by atoms with Gasteiger partial charge in [0.2, 0.25) is 0 Å². The summed E-state index contributed by atoms with van der Waals surface area (Å²) in [5.74, 6) is -0.704. The van der Waals surface area contributed by atoms with Crippen LogP contribution in [0.25, 0.3) is 0 Å². The maximum atomic E-state index is 14.8. The second-order valence-electron chi connectivity index (χ2n) is 10.5. The fraction of sp³-hybridized carbons (Fsp3) is 0.517. The first-order valence-corrected chi connectivity index (χ1v) is 17.5. The van der Waals surface area contributed by atoms with Crippen molar-refractivity contribution in [3.8, 4) is 0 Å². The first kappa shape index (κ1) is 34.5. The lowest BCUT2D eigenvalue weighted by atomic mass is 9.73. The van der Waals surface area contributed by atoms with Crippen molar-refractivity contribution in [3.05, 3.63) is 64.7 Å². The third-order valence-electron chi connectivity index (χ3n) is 6.53. The molecular formula is C29H40ClNO9P2. The molecule has 2 aromatic rings. The highest BCUT2D eigenvalue weighted by Crippen LogP contribution is 2.73.